The Labute approximate surface area is 85.8 Å². The molecule has 0 aliphatic carbocycles. The number of hydrogen-bond donors (Lipinski definition) is 1. The zero-order valence-electron chi connectivity index (χ0n) is 8.93. The smallest absolute Gasteiger partial charge is 0.0419 e. The highest BCUT2D eigenvalue weighted by atomic mass is 14.9. The van der Waals surface area contributed by atoms with Crippen LogP contribution in [0.5, 0.6) is 0 Å². The second-order valence-electron chi connectivity index (χ2n) is 4.11. The summed E-state index contributed by atoms with van der Waals surface area (Å²) in [5.41, 5.74) is 5.21. The molecule has 1 unspecified atom stereocenters. The van der Waals surface area contributed by atoms with Crippen LogP contribution in [0.4, 0.5) is 5.69 Å². The SMILES string of the molecule is C=C1CC(C)c2ccc(CC)cc2N1. The maximum Gasteiger partial charge on any atom is 0.0419 e. The van der Waals surface area contributed by atoms with Gasteiger partial charge in [0.15, 0.2) is 0 Å². The van der Waals surface area contributed by atoms with Crippen LogP contribution < -0.4 is 5.32 Å². The van der Waals surface area contributed by atoms with Gasteiger partial charge in [-0.1, -0.05) is 32.6 Å². The van der Waals surface area contributed by atoms with E-state index in [2.05, 4.69) is 43.9 Å². The molecule has 1 nitrogen and oxygen atoms in total. The van der Waals surface area contributed by atoms with E-state index in [1.807, 2.05) is 0 Å². The topological polar surface area (TPSA) is 12.0 Å². The number of fused-ring (bicyclic) bond motifs is 1. The molecule has 0 spiro atoms. The summed E-state index contributed by atoms with van der Waals surface area (Å²) >= 11 is 0. The third-order valence-corrected chi connectivity index (χ3v) is 2.92. The first kappa shape index (κ1) is 9.32. The molecule has 1 aliphatic rings. The maximum absolute atomic E-state index is 4.01. The van der Waals surface area contributed by atoms with Gasteiger partial charge >= 0.3 is 0 Å². The Hall–Kier alpha value is -1.24. The summed E-state index contributed by atoms with van der Waals surface area (Å²) in [4.78, 5) is 0. The fraction of sp³-hybridized carbons (Fsp3) is 0.385. The highest BCUT2D eigenvalue weighted by molar-refractivity contribution is 5.60. The van der Waals surface area contributed by atoms with Gasteiger partial charge in [-0.25, -0.2) is 0 Å². The van der Waals surface area contributed by atoms with Crippen LogP contribution >= 0.6 is 0 Å². The molecule has 0 radical (unpaired) electrons. The fourth-order valence-corrected chi connectivity index (χ4v) is 2.08. The highest BCUT2D eigenvalue weighted by Gasteiger charge is 2.17. The van der Waals surface area contributed by atoms with Crippen LogP contribution in [0.15, 0.2) is 30.5 Å². The van der Waals surface area contributed by atoms with E-state index in [4.69, 9.17) is 0 Å². The molecule has 0 fully saturated rings. The number of allylic oxidation sites excluding steroid dienone is 1. The van der Waals surface area contributed by atoms with Gasteiger partial charge in [0, 0.05) is 11.4 Å². The summed E-state index contributed by atoms with van der Waals surface area (Å²) in [5.74, 6) is 0.602. The Bertz CT molecular complexity index is 365. The van der Waals surface area contributed by atoms with Crippen LogP contribution in [0.3, 0.4) is 0 Å². The highest BCUT2D eigenvalue weighted by Crippen LogP contribution is 2.35. The minimum absolute atomic E-state index is 0.602. The van der Waals surface area contributed by atoms with E-state index in [9.17, 15) is 0 Å². The minimum atomic E-state index is 0.602. The molecule has 1 atom stereocenters. The van der Waals surface area contributed by atoms with Gasteiger partial charge in [-0.15, -0.1) is 0 Å². The third kappa shape index (κ3) is 1.54. The number of anilines is 1. The molecule has 1 N–H and O–H groups in total. The molecule has 74 valence electrons. The lowest BCUT2D eigenvalue weighted by atomic mass is 9.90. The average Bonchev–Trinajstić information content (AvgIpc) is 2.16. The van der Waals surface area contributed by atoms with E-state index in [-0.39, 0.29) is 0 Å². The van der Waals surface area contributed by atoms with Crippen molar-refractivity contribution in [1.29, 1.82) is 0 Å². The molecule has 0 saturated heterocycles. The van der Waals surface area contributed by atoms with Crippen molar-refractivity contribution in [2.75, 3.05) is 5.32 Å². The zero-order valence-corrected chi connectivity index (χ0v) is 8.93. The van der Waals surface area contributed by atoms with Gasteiger partial charge in [-0.2, -0.15) is 0 Å². The van der Waals surface area contributed by atoms with Crippen LogP contribution in [-0.4, -0.2) is 0 Å². The molecule has 1 aliphatic heterocycles. The normalized spacial score (nSPS) is 20.1. The molecule has 1 heterocycles. The number of hydrogen-bond acceptors (Lipinski definition) is 1. The first-order valence-corrected chi connectivity index (χ1v) is 5.28. The van der Waals surface area contributed by atoms with Crippen LogP contribution in [0.2, 0.25) is 0 Å². The molecule has 0 amide bonds. The van der Waals surface area contributed by atoms with Crippen LogP contribution in [0.25, 0.3) is 0 Å². The second kappa shape index (κ2) is 3.49. The van der Waals surface area contributed by atoms with Gasteiger partial charge in [0.2, 0.25) is 0 Å². The fourth-order valence-electron chi connectivity index (χ4n) is 2.08. The molecule has 2 rings (SSSR count). The molecule has 1 aromatic carbocycles. The van der Waals surface area contributed by atoms with Gasteiger partial charge in [-0.05, 0) is 36.0 Å². The first-order chi connectivity index (χ1) is 6.70. The van der Waals surface area contributed by atoms with E-state index >= 15 is 0 Å². The first-order valence-electron chi connectivity index (χ1n) is 5.28. The Kier molecular flexibility index (Phi) is 2.32. The Morgan fingerprint density at radius 2 is 2.29 bits per heavy atom. The zero-order chi connectivity index (χ0) is 10.1. The van der Waals surface area contributed by atoms with Crippen molar-refractivity contribution >= 4 is 5.69 Å². The number of nitrogens with one attached hydrogen (secondary N) is 1. The molecular formula is C13H17N. The van der Waals surface area contributed by atoms with E-state index in [0.717, 1.165) is 18.5 Å². The molecule has 0 bridgehead atoms. The number of benzene rings is 1. The predicted octanol–water partition coefficient (Wildman–Crippen LogP) is 3.68. The van der Waals surface area contributed by atoms with Gasteiger partial charge in [0.25, 0.3) is 0 Å². The van der Waals surface area contributed by atoms with Crippen LogP contribution in [0.1, 0.15) is 37.3 Å². The largest absolute Gasteiger partial charge is 0.359 e. The van der Waals surface area contributed by atoms with Crippen molar-refractivity contribution in [2.24, 2.45) is 0 Å². The summed E-state index contributed by atoms with van der Waals surface area (Å²) < 4.78 is 0. The van der Waals surface area contributed by atoms with Gasteiger partial charge < -0.3 is 5.32 Å². The standard InChI is InChI=1S/C13H17N/c1-4-11-5-6-12-9(2)7-10(3)14-13(12)8-11/h5-6,8-9,14H,3-4,7H2,1-2H3. The summed E-state index contributed by atoms with van der Waals surface area (Å²) in [5, 5.41) is 3.37. The molecule has 1 aromatic rings. The van der Waals surface area contributed by atoms with E-state index in [1.165, 1.54) is 16.8 Å². The van der Waals surface area contributed by atoms with Crippen LogP contribution in [-0.2, 0) is 6.42 Å². The lowest BCUT2D eigenvalue weighted by molar-refractivity contribution is 0.737. The van der Waals surface area contributed by atoms with Crippen molar-refractivity contribution in [1.82, 2.24) is 0 Å². The van der Waals surface area contributed by atoms with E-state index in [1.54, 1.807) is 0 Å². The van der Waals surface area contributed by atoms with Crippen molar-refractivity contribution < 1.29 is 0 Å². The lowest BCUT2D eigenvalue weighted by Crippen LogP contribution is -2.12. The van der Waals surface area contributed by atoms with E-state index in [0.29, 0.717) is 5.92 Å². The Balaban J connectivity index is 2.43. The Morgan fingerprint density at radius 1 is 1.50 bits per heavy atom. The molecule has 0 saturated carbocycles. The molecular weight excluding hydrogens is 170 g/mol. The number of aryl methyl sites for hydroxylation is 1. The summed E-state index contributed by atoms with van der Waals surface area (Å²) in [6.45, 7) is 8.45. The van der Waals surface area contributed by atoms with Crippen molar-refractivity contribution in [3.05, 3.63) is 41.6 Å². The second-order valence-corrected chi connectivity index (χ2v) is 4.11. The Morgan fingerprint density at radius 3 is 3.00 bits per heavy atom. The molecule has 1 heteroatoms. The maximum atomic E-state index is 4.01. The molecule has 0 aromatic heterocycles. The van der Waals surface area contributed by atoms with Gasteiger partial charge in [0.05, 0.1) is 0 Å². The lowest BCUT2D eigenvalue weighted by Gasteiger charge is -2.26. The number of rotatable bonds is 1. The quantitative estimate of drug-likeness (QED) is 0.707. The van der Waals surface area contributed by atoms with Crippen molar-refractivity contribution in [3.8, 4) is 0 Å². The van der Waals surface area contributed by atoms with Gasteiger partial charge in [0.1, 0.15) is 0 Å². The predicted molar refractivity (Wildman–Crippen MR) is 61.6 cm³/mol. The van der Waals surface area contributed by atoms with Gasteiger partial charge in [-0.3, -0.25) is 0 Å². The molecule has 14 heavy (non-hydrogen) atoms. The monoisotopic (exact) mass is 187 g/mol. The van der Waals surface area contributed by atoms with E-state index < -0.39 is 0 Å². The summed E-state index contributed by atoms with van der Waals surface area (Å²) in [6.07, 6.45) is 2.15. The van der Waals surface area contributed by atoms with Crippen LogP contribution in [0, 0.1) is 0 Å². The van der Waals surface area contributed by atoms with Crippen molar-refractivity contribution in [2.45, 2.75) is 32.6 Å². The average molecular weight is 187 g/mol. The third-order valence-electron chi connectivity index (χ3n) is 2.92. The summed E-state index contributed by atoms with van der Waals surface area (Å²) in [7, 11) is 0. The minimum Gasteiger partial charge on any atom is -0.359 e. The summed E-state index contributed by atoms with van der Waals surface area (Å²) in [6, 6.07) is 6.72. The van der Waals surface area contributed by atoms with Crippen molar-refractivity contribution in [3.63, 3.8) is 0 Å².